The summed E-state index contributed by atoms with van der Waals surface area (Å²) >= 11 is 0. The maximum Gasteiger partial charge on any atom is 0.417 e. The van der Waals surface area contributed by atoms with E-state index in [0.717, 1.165) is 61.9 Å². The van der Waals surface area contributed by atoms with Crippen LogP contribution in [0.3, 0.4) is 0 Å². The van der Waals surface area contributed by atoms with Crippen LogP contribution in [0.15, 0.2) is 79.1 Å². The van der Waals surface area contributed by atoms with Gasteiger partial charge in [-0.2, -0.15) is 0 Å². The summed E-state index contributed by atoms with van der Waals surface area (Å²) in [6, 6.07) is 22.4. The third-order valence-electron chi connectivity index (χ3n) is 5.93. The van der Waals surface area contributed by atoms with Crippen LogP contribution >= 0.6 is 0 Å². The molecule has 1 aliphatic rings. The maximum atomic E-state index is 12.1. The molecular formula is C31H40N4O5. The number of hydrogen-bond acceptors (Lipinski definition) is 7. The lowest BCUT2D eigenvalue weighted by molar-refractivity contribution is 0.0322. The molecule has 40 heavy (non-hydrogen) atoms. The number of benzene rings is 3. The van der Waals surface area contributed by atoms with Gasteiger partial charge in [0.25, 0.3) is 0 Å². The van der Waals surface area contributed by atoms with E-state index in [1.807, 2.05) is 86.0 Å². The second-order valence-electron chi connectivity index (χ2n) is 8.52. The van der Waals surface area contributed by atoms with E-state index in [4.69, 9.17) is 14.2 Å². The normalized spacial score (nSPS) is 12.9. The van der Waals surface area contributed by atoms with Gasteiger partial charge >= 0.3 is 6.09 Å². The van der Waals surface area contributed by atoms with Gasteiger partial charge in [-0.25, -0.2) is 9.78 Å². The van der Waals surface area contributed by atoms with Crippen LogP contribution in [0, 0.1) is 0 Å². The first-order chi connectivity index (χ1) is 19.7. The monoisotopic (exact) mass is 548 g/mol. The minimum Gasteiger partial charge on any atom is -0.492 e. The van der Waals surface area contributed by atoms with Crippen LogP contribution in [0.4, 0.5) is 10.5 Å². The summed E-state index contributed by atoms with van der Waals surface area (Å²) in [4.78, 5) is 19.0. The van der Waals surface area contributed by atoms with E-state index in [0.29, 0.717) is 18.0 Å². The molecule has 1 amide bonds. The zero-order chi connectivity index (χ0) is 28.6. The van der Waals surface area contributed by atoms with Crippen molar-refractivity contribution in [2.24, 2.45) is 0 Å². The van der Waals surface area contributed by atoms with Gasteiger partial charge in [-0.1, -0.05) is 32.0 Å². The molecule has 1 aromatic heterocycles. The number of ether oxygens (including phenoxy) is 4. The minimum absolute atomic E-state index is 0.492. The zero-order valence-electron chi connectivity index (χ0n) is 23.8. The fourth-order valence-corrected chi connectivity index (χ4v) is 3.85. The van der Waals surface area contributed by atoms with Crippen LogP contribution in [0.1, 0.15) is 20.8 Å². The third-order valence-corrected chi connectivity index (χ3v) is 5.93. The Labute approximate surface area is 236 Å². The summed E-state index contributed by atoms with van der Waals surface area (Å²) < 4.78 is 23.1. The van der Waals surface area contributed by atoms with Crippen LogP contribution in [0.5, 0.6) is 11.5 Å². The Balaban J connectivity index is 0.000000677. The molecule has 1 fully saturated rings. The molecule has 214 valence electrons. The van der Waals surface area contributed by atoms with Crippen molar-refractivity contribution in [1.82, 2.24) is 14.5 Å². The van der Waals surface area contributed by atoms with Crippen molar-refractivity contribution < 1.29 is 23.7 Å². The van der Waals surface area contributed by atoms with Crippen LogP contribution in [-0.4, -0.2) is 73.7 Å². The lowest BCUT2D eigenvalue weighted by atomic mass is 10.2. The SMILES string of the molecule is CC.CCOC.O=C(Nc1ccc(-n2cnc3cc(OCCN4CCOCC4)ccc32)cc1)Oc1ccccc1. The molecule has 0 radical (unpaired) electrons. The predicted molar refractivity (Wildman–Crippen MR) is 159 cm³/mol. The predicted octanol–water partition coefficient (Wildman–Crippen LogP) is 6.03. The molecule has 0 saturated carbocycles. The largest absolute Gasteiger partial charge is 0.492 e. The Bertz CT molecular complexity index is 1270. The fraction of sp³-hybridized carbons (Fsp3) is 0.355. The van der Waals surface area contributed by atoms with E-state index >= 15 is 0 Å². The molecule has 4 aromatic rings. The number of rotatable bonds is 8. The Kier molecular flexibility index (Phi) is 12.9. The topological polar surface area (TPSA) is 87.1 Å². The number of hydrogen-bond donors (Lipinski definition) is 1. The van der Waals surface area contributed by atoms with Gasteiger partial charge in [0.2, 0.25) is 0 Å². The highest BCUT2D eigenvalue weighted by Gasteiger charge is 2.11. The van der Waals surface area contributed by atoms with Crippen molar-refractivity contribution in [2.75, 3.05) is 58.5 Å². The van der Waals surface area contributed by atoms with Gasteiger partial charge < -0.3 is 18.9 Å². The Morgan fingerprint density at radius 2 is 1.68 bits per heavy atom. The molecule has 0 atom stereocenters. The first-order valence-electron chi connectivity index (χ1n) is 13.7. The molecule has 0 aliphatic carbocycles. The molecule has 1 aliphatic heterocycles. The first kappa shape index (κ1) is 30.6. The Morgan fingerprint density at radius 1 is 0.975 bits per heavy atom. The first-order valence-corrected chi connectivity index (χ1v) is 13.7. The van der Waals surface area contributed by atoms with Gasteiger partial charge in [0.05, 0.1) is 24.2 Å². The van der Waals surface area contributed by atoms with Gasteiger partial charge in [0, 0.05) is 50.8 Å². The maximum absolute atomic E-state index is 12.1. The number of methoxy groups -OCH3 is 1. The van der Waals surface area contributed by atoms with Gasteiger partial charge in [-0.05, 0) is 55.5 Å². The van der Waals surface area contributed by atoms with Crippen molar-refractivity contribution in [2.45, 2.75) is 20.8 Å². The van der Waals surface area contributed by atoms with Gasteiger partial charge in [0.15, 0.2) is 0 Å². The number of nitrogens with zero attached hydrogens (tertiary/aromatic N) is 3. The highest BCUT2D eigenvalue weighted by Crippen LogP contribution is 2.24. The number of imidazole rings is 1. The van der Waals surface area contributed by atoms with E-state index in [2.05, 4.69) is 19.9 Å². The lowest BCUT2D eigenvalue weighted by Gasteiger charge is -2.26. The average molecular weight is 549 g/mol. The number of para-hydroxylation sites is 1. The molecule has 1 N–H and O–H groups in total. The smallest absolute Gasteiger partial charge is 0.417 e. The van der Waals surface area contributed by atoms with Crippen molar-refractivity contribution in [1.29, 1.82) is 0 Å². The van der Waals surface area contributed by atoms with E-state index in [-0.39, 0.29) is 0 Å². The molecule has 2 heterocycles. The highest BCUT2D eigenvalue weighted by atomic mass is 16.6. The molecule has 9 heteroatoms. The van der Waals surface area contributed by atoms with E-state index in [9.17, 15) is 4.79 Å². The molecule has 5 rings (SSSR count). The standard InChI is InChI=1S/C26H26N4O4.C3H8O.C2H6/c31-26(34-22-4-2-1-3-5-22)28-20-6-8-21(9-7-20)30-19-27-24-18-23(10-11-25(24)30)33-17-14-29-12-15-32-16-13-29;1-3-4-2;1-2/h1-11,18-19H,12-17H2,(H,28,31);3H2,1-2H3;1-2H3. The zero-order valence-corrected chi connectivity index (χ0v) is 23.8. The highest BCUT2D eigenvalue weighted by molar-refractivity contribution is 5.86. The molecule has 0 spiro atoms. The number of nitrogens with one attached hydrogen (secondary N) is 1. The summed E-state index contributed by atoms with van der Waals surface area (Å²) in [7, 11) is 1.68. The van der Waals surface area contributed by atoms with Crippen molar-refractivity contribution in [3.05, 3.63) is 79.1 Å². The fourth-order valence-electron chi connectivity index (χ4n) is 3.85. The summed E-state index contributed by atoms with van der Waals surface area (Å²) in [6.45, 7) is 11.8. The van der Waals surface area contributed by atoms with Crippen molar-refractivity contribution in [3.63, 3.8) is 0 Å². The number of carbonyl (C=O) groups is 1. The number of fused-ring (bicyclic) bond motifs is 1. The van der Waals surface area contributed by atoms with Crippen molar-refractivity contribution >= 4 is 22.8 Å². The molecular weight excluding hydrogens is 508 g/mol. The number of amides is 1. The van der Waals surface area contributed by atoms with E-state index in [1.54, 1.807) is 25.6 Å². The minimum atomic E-state index is -0.534. The Morgan fingerprint density at radius 3 is 2.35 bits per heavy atom. The number of aromatic nitrogens is 2. The van der Waals surface area contributed by atoms with Crippen LogP contribution in [0.25, 0.3) is 16.7 Å². The average Bonchev–Trinajstić information content (AvgIpc) is 3.43. The molecule has 0 bridgehead atoms. The number of anilines is 1. The van der Waals surface area contributed by atoms with Crippen LogP contribution in [0.2, 0.25) is 0 Å². The molecule has 3 aromatic carbocycles. The second-order valence-corrected chi connectivity index (χ2v) is 8.52. The molecule has 9 nitrogen and oxygen atoms in total. The van der Waals surface area contributed by atoms with Gasteiger partial charge in [-0.15, -0.1) is 0 Å². The summed E-state index contributed by atoms with van der Waals surface area (Å²) in [5.74, 6) is 1.30. The summed E-state index contributed by atoms with van der Waals surface area (Å²) in [5.41, 5.74) is 3.41. The molecule has 1 saturated heterocycles. The van der Waals surface area contributed by atoms with E-state index < -0.39 is 6.09 Å². The summed E-state index contributed by atoms with van der Waals surface area (Å²) in [5, 5.41) is 2.74. The number of morpholine rings is 1. The Hall–Kier alpha value is -3.92. The quantitative estimate of drug-likeness (QED) is 0.288. The third kappa shape index (κ3) is 9.37. The van der Waals surface area contributed by atoms with Gasteiger partial charge in [-0.3, -0.25) is 14.8 Å². The summed E-state index contributed by atoms with van der Waals surface area (Å²) in [6.07, 6.45) is 1.25. The number of carbonyl (C=O) groups excluding carboxylic acids is 1. The van der Waals surface area contributed by atoms with Crippen LogP contribution < -0.4 is 14.8 Å². The van der Waals surface area contributed by atoms with Gasteiger partial charge in [0.1, 0.15) is 24.4 Å². The van der Waals surface area contributed by atoms with E-state index in [1.165, 1.54) is 0 Å². The lowest BCUT2D eigenvalue weighted by Crippen LogP contribution is -2.38. The second kappa shape index (κ2) is 16.9. The molecule has 0 unspecified atom stereocenters. The van der Waals surface area contributed by atoms with Crippen LogP contribution in [-0.2, 0) is 9.47 Å². The van der Waals surface area contributed by atoms with Crippen molar-refractivity contribution in [3.8, 4) is 17.2 Å².